The van der Waals surface area contributed by atoms with Crippen molar-refractivity contribution in [2.75, 3.05) is 0 Å². The van der Waals surface area contributed by atoms with Crippen LogP contribution in [-0.4, -0.2) is 17.4 Å². The number of aldehydes is 1. The second-order valence-electron chi connectivity index (χ2n) is 5.06. The first-order valence-corrected chi connectivity index (χ1v) is 6.84. The average Bonchev–Trinajstić information content (AvgIpc) is 2.41. The lowest BCUT2D eigenvalue weighted by Crippen LogP contribution is -2.30. The maximum atomic E-state index is 11.0. The number of rotatable bonds is 4. The smallest absolute Gasteiger partial charge is 0.172 e. The summed E-state index contributed by atoms with van der Waals surface area (Å²) in [7, 11) is 0. The van der Waals surface area contributed by atoms with Crippen LogP contribution in [-0.2, 0) is 0 Å². The molecule has 0 saturated heterocycles. The lowest BCUT2D eigenvalue weighted by molar-refractivity contribution is 0.0877. The van der Waals surface area contributed by atoms with Crippen molar-refractivity contribution in [3.05, 3.63) is 23.5 Å². The molecule has 3 heteroatoms. The first kappa shape index (κ1) is 13.1. The Morgan fingerprint density at radius 2 is 2.17 bits per heavy atom. The zero-order chi connectivity index (χ0) is 13.0. The van der Waals surface area contributed by atoms with Crippen molar-refractivity contribution in [3.63, 3.8) is 0 Å². The Balaban J connectivity index is 2.14. The molecule has 2 atom stereocenters. The van der Waals surface area contributed by atoms with Gasteiger partial charge in [-0.1, -0.05) is 13.3 Å². The van der Waals surface area contributed by atoms with E-state index in [0.717, 1.165) is 24.8 Å². The monoisotopic (exact) mass is 247 g/mol. The molecule has 0 N–H and O–H groups in total. The highest BCUT2D eigenvalue weighted by atomic mass is 16.5. The number of aryl methyl sites for hydroxylation is 1. The summed E-state index contributed by atoms with van der Waals surface area (Å²) in [5.74, 6) is 1.25. The number of carbonyl (C=O) groups is 1. The molecule has 3 nitrogen and oxygen atoms in total. The Labute approximate surface area is 109 Å². The van der Waals surface area contributed by atoms with E-state index in [-0.39, 0.29) is 6.10 Å². The van der Waals surface area contributed by atoms with Gasteiger partial charge < -0.3 is 4.74 Å². The highest BCUT2D eigenvalue weighted by Crippen LogP contribution is 2.31. The molecule has 0 spiro atoms. The molecule has 0 aliphatic heterocycles. The summed E-state index contributed by atoms with van der Waals surface area (Å²) < 4.78 is 6.04. The van der Waals surface area contributed by atoms with Crippen molar-refractivity contribution in [3.8, 4) is 5.75 Å². The standard InChI is InChI=1S/C15H21NO2/c1-3-12-6-4-5-7-14(12)18-15-9-8-11(2)16-13(15)10-17/h8-10,12,14H,3-7H2,1-2H3. The van der Waals surface area contributed by atoms with Gasteiger partial charge in [-0.25, -0.2) is 4.98 Å². The molecule has 1 saturated carbocycles. The number of hydrogen-bond acceptors (Lipinski definition) is 3. The number of pyridine rings is 1. The van der Waals surface area contributed by atoms with Crippen LogP contribution in [0.2, 0.25) is 0 Å². The van der Waals surface area contributed by atoms with Gasteiger partial charge in [-0.2, -0.15) is 0 Å². The molecule has 1 aromatic rings. The van der Waals surface area contributed by atoms with Crippen LogP contribution < -0.4 is 4.74 Å². The van der Waals surface area contributed by atoms with Crippen molar-refractivity contribution >= 4 is 6.29 Å². The molecule has 2 unspecified atom stereocenters. The molecular weight excluding hydrogens is 226 g/mol. The van der Waals surface area contributed by atoms with E-state index < -0.39 is 0 Å². The average molecular weight is 247 g/mol. The second-order valence-corrected chi connectivity index (χ2v) is 5.06. The highest BCUT2D eigenvalue weighted by Gasteiger charge is 2.26. The van der Waals surface area contributed by atoms with E-state index in [2.05, 4.69) is 11.9 Å². The first-order chi connectivity index (χ1) is 8.74. The van der Waals surface area contributed by atoms with Crippen LogP contribution in [0.4, 0.5) is 0 Å². The SMILES string of the molecule is CCC1CCCCC1Oc1ccc(C)nc1C=O. The third-order valence-electron chi connectivity index (χ3n) is 3.78. The molecule has 1 aliphatic rings. The van der Waals surface area contributed by atoms with Gasteiger partial charge in [0.15, 0.2) is 6.29 Å². The van der Waals surface area contributed by atoms with Gasteiger partial charge in [0, 0.05) is 5.69 Å². The van der Waals surface area contributed by atoms with E-state index in [1.807, 2.05) is 19.1 Å². The lowest BCUT2D eigenvalue weighted by Gasteiger charge is -2.31. The molecule has 98 valence electrons. The zero-order valence-electron chi connectivity index (χ0n) is 11.2. The molecule has 2 rings (SSSR count). The van der Waals surface area contributed by atoms with Gasteiger partial charge in [0.05, 0.1) is 0 Å². The minimum absolute atomic E-state index is 0.243. The van der Waals surface area contributed by atoms with E-state index in [4.69, 9.17) is 4.74 Å². The van der Waals surface area contributed by atoms with Crippen molar-refractivity contribution in [2.45, 2.75) is 52.1 Å². The molecule has 1 aromatic heterocycles. The molecule has 0 bridgehead atoms. The van der Waals surface area contributed by atoms with Crippen molar-refractivity contribution < 1.29 is 9.53 Å². The molecule has 1 aliphatic carbocycles. The number of carbonyl (C=O) groups excluding carboxylic acids is 1. The predicted molar refractivity (Wildman–Crippen MR) is 71.0 cm³/mol. The lowest BCUT2D eigenvalue weighted by atomic mass is 9.85. The summed E-state index contributed by atoms with van der Waals surface area (Å²) in [5.41, 5.74) is 1.27. The van der Waals surface area contributed by atoms with Crippen LogP contribution in [0.25, 0.3) is 0 Å². The summed E-state index contributed by atoms with van der Waals surface area (Å²) in [6.07, 6.45) is 7.00. The minimum atomic E-state index is 0.243. The van der Waals surface area contributed by atoms with Crippen LogP contribution in [0.5, 0.6) is 5.75 Å². The van der Waals surface area contributed by atoms with Gasteiger partial charge in [-0.05, 0) is 50.7 Å². The van der Waals surface area contributed by atoms with Gasteiger partial charge >= 0.3 is 0 Å². The van der Waals surface area contributed by atoms with E-state index in [9.17, 15) is 4.79 Å². The fraction of sp³-hybridized carbons (Fsp3) is 0.600. The summed E-state index contributed by atoms with van der Waals surface area (Å²) in [6, 6.07) is 3.76. The maximum absolute atomic E-state index is 11.0. The van der Waals surface area contributed by atoms with Crippen LogP contribution in [0.15, 0.2) is 12.1 Å². The van der Waals surface area contributed by atoms with Crippen LogP contribution in [0.3, 0.4) is 0 Å². The van der Waals surface area contributed by atoms with Gasteiger partial charge in [-0.15, -0.1) is 0 Å². The van der Waals surface area contributed by atoms with Crippen LogP contribution >= 0.6 is 0 Å². The fourth-order valence-electron chi connectivity index (χ4n) is 2.71. The Morgan fingerprint density at radius 1 is 1.39 bits per heavy atom. The topological polar surface area (TPSA) is 39.2 Å². The van der Waals surface area contributed by atoms with Gasteiger partial charge in [0.2, 0.25) is 0 Å². The summed E-state index contributed by atoms with van der Waals surface area (Å²) in [5, 5.41) is 0. The Kier molecular flexibility index (Phi) is 4.34. The zero-order valence-corrected chi connectivity index (χ0v) is 11.2. The molecule has 18 heavy (non-hydrogen) atoms. The fourth-order valence-corrected chi connectivity index (χ4v) is 2.71. The van der Waals surface area contributed by atoms with E-state index in [1.54, 1.807) is 0 Å². The molecule has 1 fully saturated rings. The van der Waals surface area contributed by atoms with Crippen LogP contribution in [0.1, 0.15) is 55.2 Å². The minimum Gasteiger partial charge on any atom is -0.488 e. The van der Waals surface area contributed by atoms with Crippen molar-refractivity contribution in [1.82, 2.24) is 4.98 Å². The van der Waals surface area contributed by atoms with E-state index in [0.29, 0.717) is 17.4 Å². The predicted octanol–water partition coefficient (Wildman–Crippen LogP) is 3.55. The Bertz CT molecular complexity index is 417. The van der Waals surface area contributed by atoms with Crippen LogP contribution in [0, 0.1) is 12.8 Å². The van der Waals surface area contributed by atoms with E-state index in [1.165, 1.54) is 19.3 Å². The van der Waals surface area contributed by atoms with Crippen molar-refractivity contribution in [1.29, 1.82) is 0 Å². The molecule has 0 aromatic carbocycles. The van der Waals surface area contributed by atoms with Gasteiger partial charge in [-0.3, -0.25) is 4.79 Å². The third-order valence-corrected chi connectivity index (χ3v) is 3.78. The third kappa shape index (κ3) is 2.89. The summed E-state index contributed by atoms with van der Waals surface area (Å²) in [4.78, 5) is 15.2. The van der Waals surface area contributed by atoms with Gasteiger partial charge in [0.25, 0.3) is 0 Å². The summed E-state index contributed by atoms with van der Waals surface area (Å²) in [6.45, 7) is 4.09. The number of aromatic nitrogens is 1. The molecule has 0 amide bonds. The highest BCUT2D eigenvalue weighted by molar-refractivity contribution is 5.76. The number of hydrogen-bond donors (Lipinski definition) is 0. The quantitative estimate of drug-likeness (QED) is 0.764. The maximum Gasteiger partial charge on any atom is 0.172 e. The number of nitrogens with zero attached hydrogens (tertiary/aromatic N) is 1. The van der Waals surface area contributed by atoms with E-state index >= 15 is 0 Å². The first-order valence-electron chi connectivity index (χ1n) is 6.84. The molecule has 1 heterocycles. The van der Waals surface area contributed by atoms with Gasteiger partial charge in [0.1, 0.15) is 17.5 Å². The van der Waals surface area contributed by atoms with Crippen molar-refractivity contribution in [2.24, 2.45) is 5.92 Å². The molecule has 0 radical (unpaired) electrons. The molecular formula is C15H21NO2. The normalized spacial score (nSPS) is 23.7. The number of ether oxygens (including phenoxy) is 1. The Morgan fingerprint density at radius 3 is 2.89 bits per heavy atom. The largest absolute Gasteiger partial charge is 0.488 e. The Hall–Kier alpha value is -1.38. The second kappa shape index (κ2) is 5.98. The summed E-state index contributed by atoms with van der Waals surface area (Å²) >= 11 is 0.